The summed E-state index contributed by atoms with van der Waals surface area (Å²) in [5.41, 5.74) is 0.302. The topological polar surface area (TPSA) is 67.4 Å². The maximum atomic E-state index is 12.0. The summed E-state index contributed by atoms with van der Waals surface area (Å²) in [6.45, 7) is 3.39. The summed E-state index contributed by atoms with van der Waals surface area (Å²) in [6.07, 6.45) is 0. The second-order valence-corrected chi connectivity index (χ2v) is 6.16. The number of nitrogens with one attached hydrogen (secondary N) is 2. The number of thiophene rings is 1. The lowest BCUT2D eigenvalue weighted by Crippen LogP contribution is -2.45. The molecule has 0 unspecified atom stereocenters. The summed E-state index contributed by atoms with van der Waals surface area (Å²) in [5, 5.41) is 7.45. The van der Waals surface area contributed by atoms with E-state index in [1.54, 1.807) is 38.1 Å². The molecule has 0 spiro atoms. The van der Waals surface area contributed by atoms with E-state index in [4.69, 9.17) is 4.74 Å². The zero-order valence-electron chi connectivity index (χ0n) is 11.6. The van der Waals surface area contributed by atoms with Gasteiger partial charge < -0.3 is 15.4 Å². The minimum Gasteiger partial charge on any atom is -0.476 e. The van der Waals surface area contributed by atoms with Gasteiger partial charge in [0.15, 0.2) is 5.60 Å². The standard InChI is InChI=1S/C15H14N2O3S/c1-15(2)14(19)17-10-6-5-9(8-11(10)20-15)16-13(18)12-4-3-7-21-12/h3-8H,1-2H3,(H,16,18)(H,17,19). The number of hydrogen-bond donors (Lipinski definition) is 2. The molecule has 0 bridgehead atoms. The van der Waals surface area contributed by atoms with Crippen molar-refractivity contribution in [3.8, 4) is 5.75 Å². The second-order valence-electron chi connectivity index (χ2n) is 5.21. The molecular formula is C15H14N2O3S. The lowest BCUT2D eigenvalue weighted by Gasteiger charge is -2.31. The summed E-state index contributed by atoms with van der Waals surface area (Å²) in [5.74, 6) is 0.193. The number of carbonyl (C=O) groups excluding carboxylic acids is 2. The Bertz CT molecular complexity index is 708. The van der Waals surface area contributed by atoms with Gasteiger partial charge in [0, 0.05) is 11.8 Å². The van der Waals surface area contributed by atoms with E-state index in [0.717, 1.165) is 0 Å². The summed E-state index contributed by atoms with van der Waals surface area (Å²) >= 11 is 1.38. The quantitative estimate of drug-likeness (QED) is 0.895. The molecular weight excluding hydrogens is 288 g/mol. The van der Waals surface area contributed by atoms with Crippen LogP contribution >= 0.6 is 11.3 Å². The van der Waals surface area contributed by atoms with Crippen LogP contribution in [0.25, 0.3) is 0 Å². The average Bonchev–Trinajstić information content (AvgIpc) is 2.94. The Hall–Kier alpha value is -2.34. The number of rotatable bonds is 2. The van der Waals surface area contributed by atoms with Crippen molar-refractivity contribution in [3.63, 3.8) is 0 Å². The van der Waals surface area contributed by atoms with Crippen molar-refractivity contribution in [2.45, 2.75) is 19.4 Å². The van der Waals surface area contributed by atoms with Crippen molar-refractivity contribution in [2.24, 2.45) is 0 Å². The first-order chi connectivity index (χ1) is 9.95. The van der Waals surface area contributed by atoms with Crippen molar-refractivity contribution in [3.05, 3.63) is 40.6 Å². The number of benzene rings is 1. The molecule has 0 fully saturated rings. The van der Waals surface area contributed by atoms with Crippen molar-refractivity contribution in [2.75, 3.05) is 10.6 Å². The maximum absolute atomic E-state index is 12.0. The highest BCUT2D eigenvalue weighted by Gasteiger charge is 2.35. The molecule has 6 heteroatoms. The van der Waals surface area contributed by atoms with E-state index in [1.807, 2.05) is 11.4 Å². The van der Waals surface area contributed by atoms with E-state index in [2.05, 4.69) is 10.6 Å². The Balaban J connectivity index is 1.84. The summed E-state index contributed by atoms with van der Waals surface area (Å²) in [7, 11) is 0. The molecule has 0 saturated heterocycles. The van der Waals surface area contributed by atoms with Gasteiger partial charge in [0.2, 0.25) is 0 Å². The van der Waals surface area contributed by atoms with Crippen molar-refractivity contribution >= 4 is 34.5 Å². The Morgan fingerprint density at radius 2 is 2.14 bits per heavy atom. The molecule has 3 rings (SSSR count). The molecule has 1 aromatic carbocycles. The molecule has 0 saturated carbocycles. The van der Waals surface area contributed by atoms with Crippen molar-refractivity contribution in [1.29, 1.82) is 0 Å². The Morgan fingerprint density at radius 1 is 1.33 bits per heavy atom. The third-order valence-corrected chi connectivity index (χ3v) is 4.01. The van der Waals surface area contributed by atoms with Crippen LogP contribution in [0.5, 0.6) is 5.75 Å². The van der Waals surface area contributed by atoms with Crippen LogP contribution in [0.1, 0.15) is 23.5 Å². The number of hydrogen-bond acceptors (Lipinski definition) is 4. The van der Waals surface area contributed by atoms with E-state index < -0.39 is 5.60 Å². The highest BCUT2D eigenvalue weighted by atomic mass is 32.1. The molecule has 1 aliphatic rings. The lowest BCUT2D eigenvalue weighted by molar-refractivity contribution is -0.129. The van der Waals surface area contributed by atoms with Crippen LogP contribution < -0.4 is 15.4 Å². The Kier molecular flexibility index (Phi) is 3.17. The van der Waals surface area contributed by atoms with E-state index in [0.29, 0.717) is 22.0 Å². The predicted molar refractivity (Wildman–Crippen MR) is 82.1 cm³/mol. The maximum Gasteiger partial charge on any atom is 0.268 e. The van der Waals surface area contributed by atoms with Crippen LogP contribution in [-0.2, 0) is 4.79 Å². The number of fused-ring (bicyclic) bond motifs is 1. The molecule has 0 atom stereocenters. The molecule has 5 nitrogen and oxygen atoms in total. The van der Waals surface area contributed by atoms with Gasteiger partial charge in [-0.05, 0) is 37.4 Å². The van der Waals surface area contributed by atoms with E-state index in [9.17, 15) is 9.59 Å². The monoisotopic (exact) mass is 302 g/mol. The number of carbonyl (C=O) groups is 2. The van der Waals surface area contributed by atoms with Crippen molar-refractivity contribution < 1.29 is 14.3 Å². The van der Waals surface area contributed by atoms with Crippen LogP contribution in [-0.4, -0.2) is 17.4 Å². The molecule has 108 valence electrons. The lowest BCUT2D eigenvalue weighted by atomic mass is 10.1. The summed E-state index contributed by atoms with van der Waals surface area (Å²) < 4.78 is 5.68. The summed E-state index contributed by atoms with van der Waals surface area (Å²) in [4.78, 5) is 24.4. The molecule has 0 radical (unpaired) electrons. The third kappa shape index (κ3) is 2.62. The average molecular weight is 302 g/mol. The van der Waals surface area contributed by atoms with Gasteiger partial charge in [0.05, 0.1) is 10.6 Å². The van der Waals surface area contributed by atoms with Crippen LogP contribution in [0.15, 0.2) is 35.7 Å². The fourth-order valence-electron chi connectivity index (χ4n) is 1.98. The largest absolute Gasteiger partial charge is 0.476 e. The predicted octanol–water partition coefficient (Wildman–Crippen LogP) is 3.11. The van der Waals surface area contributed by atoms with Gasteiger partial charge in [-0.3, -0.25) is 9.59 Å². The van der Waals surface area contributed by atoms with Crippen LogP contribution in [0, 0.1) is 0 Å². The van der Waals surface area contributed by atoms with Crippen LogP contribution in [0.3, 0.4) is 0 Å². The smallest absolute Gasteiger partial charge is 0.268 e. The second kappa shape index (κ2) is 4.89. The molecule has 2 amide bonds. The SMILES string of the molecule is CC1(C)Oc2cc(NC(=O)c3cccs3)ccc2NC1=O. The molecule has 2 N–H and O–H groups in total. The first-order valence-electron chi connectivity index (χ1n) is 6.45. The fraction of sp³-hybridized carbons (Fsp3) is 0.200. The first-order valence-corrected chi connectivity index (χ1v) is 7.33. The highest BCUT2D eigenvalue weighted by molar-refractivity contribution is 7.12. The van der Waals surface area contributed by atoms with Gasteiger partial charge >= 0.3 is 0 Å². The van der Waals surface area contributed by atoms with E-state index >= 15 is 0 Å². The Morgan fingerprint density at radius 3 is 2.86 bits per heavy atom. The van der Waals surface area contributed by atoms with Gasteiger partial charge in [-0.1, -0.05) is 6.07 Å². The van der Waals surface area contributed by atoms with Crippen molar-refractivity contribution in [1.82, 2.24) is 0 Å². The number of ether oxygens (including phenoxy) is 1. The molecule has 2 heterocycles. The van der Waals surface area contributed by atoms with Gasteiger partial charge in [0.25, 0.3) is 11.8 Å². The third-order valence-electron chi connectivity index (χ3n) is 3.14. The number of amides is 2. The normalized spacial score (nSPS) is 15.6. The van der Waals surface area contributed by atoms with Crippen LogP contribution in [0.2, 0.25) is 0 Å². The zero-order valence-corrected chi connectivity index (χ0v) is 12.4. The molecule has 0 aliphatic carbocycles. The minimum atomic E-state index is -0.927. The van der Waals surface area contributed by atoms with E-state index in [1.165, 1.54) is 11.3 Å². The van der Waals surface area contributed by atoms with Gasteiger partial charge in [-0.25, -0.2) is 0 Å². The summed E-state index contributed by atoms with van der Waals surface area (Å²) in [6, 6.07) is 8.74. The molecule has 2 aromatic rings. The fourth-order valence-corrected chi connectivity index (χ4v) is 2.60. The number of anilines is 2. The van der Waals surface area contributed by atoms with Gasteiger partial charge in [-0.15, -0.1) is 11.3 Å². The first kappa shape index (κ1) is 13.6. The van der Waals surface area contributed by atoms with Gasteiger partial charge in [-0.2, -0.15) is 0 Å². The van der Waals surface area contributed by atoms with Gasteiger partial charge in [0.1, 0.15) is 5.75 Å². The highest BCUT2D eigenvalue weighted by Crippen LogP contribution is 2.35. The molecule has 1 aliphatic heterocycles. The zero-order chi connectivity index (χ0) is 15.0. The van der Waals surface area contributed by atoms with E-state index in [-0.39, 0.29) is 11.8 Å². The Labute approximate surface area is 125 Å². The van der Waals surface area contributed by atoms with Crippen LogP contribution in [0.4, 0.5) is 11.4 Å². The molecule has 21 heavy (non-hydrogen) atoms. The molecule has 1 aromatic heterocycles. The minimum absolute atomic E-state index is 0.163.